The van der Waals surface area contributed by atoms with Crippen molar-refractivity contribution in [2.24, 2.45) is 0 Å². The Balaban J connectivity index is 2.18. The fourth-order valence-electron chi connectivity index (χ4n) is 2.91. The normalized spacial score (nSPS) is 17.8. The van der Waals surface area contributed by atoms with Crippen molar-refractivity contribution < 1.29 is 19.1 Å². The summed E-state index contributed by atoms with van der Waals surface area (Å²) in [6, 6.07) is 2.81. The number of rotatable bonds is 6. The molecule has 3 rings (SSSR count). The van der Waals surface area contributed by atoms with Crippen LogP contribution in [0, 0.1) is 0 Å². The van der Waals surface area contributed by atoms with Gasteiger partial charge in [0.15, 0.2) is 0 Å². The first kappa shape index (κ1) is 18.5. The van der Waals surface area contributed by atoms with Crippen LogP contribution in [0.25, 0.3) is 0 Å². The van der Waals surface area contributed by atoms with Crippen molar-refractivity contribution in [3.05, 3.63) is 45.7 Å². The van der Waals surface area contributed by atoms with Crippen LogP contribution >= 0.6 is 11.6 Å². The molecule has 0 fully saturated rings. The van der Waals surface area contributed by atoms with Crippen molar-refractivity contribution in [2.75, 3.05) is 12.4 Å². The Labute approximate surface area is 157 Å². The highest BCUT2D eigenvalue weighted by molar-refractivity contribution is 6.34. The lowest BCUT2D eigenvalue weighted by molar-refractivity contribution is -0.143. The molecule has 10 nitrogen and oxygen atoms in total. The van der Waals surface area contributed by atoms with Crippen molar-refractivity contribution in [1.82, 2.24) is 19.9 Å². The fourth-order valence-corrected chi connectivity index (χ4v) is 3.19. The van der Waals surface area contributed by atoms with E-state index in [0.717, 1.165) is 11.7 Å². The number of nitrogens with zero attached hydrogens (tertiary/aromatic N) is 3. The highest BCUT2D eigenvalue weighted by Gasteiger charge is 2.46. The minimum Gasteiger partial charge on any atom is -0.469 e. The van der Waals surface area contributed by atoms with Gasteiger partial charge in [-0.05, 0) is 12.1 Å². The Morgan fingerprint density at radius 2 is 2.26 bits per heavy atom. The zero-order valence-electron chi connectivity index (χ0n) is 14.1. The van der Waals surface area contributed by atoms with Gasteiger partial charge in [-0.15, -0.1) is 0 Å². The molecular weight excluding hydrogens is 378 g/mol. The van der Waals surface area contributed by atoms with Crippen LogP contribution in [0.3, 0.4) is 0 Å². The van der Waals surface area contributed by atoms with Gasteiger partial charge in [0.05, 0.1) is 18.6 Å². The predicted molar refractivity (Wildman–Crippen MR) is 93.8 cm³/mol. The molecule has 0 saturated heterocycles. The number of pyridine rings is 1. The van der Waals surface area contributed by atoms with Crippen LogP contribution in [0.1, 0.15) is 23.3 Å². The number of aldehydes is 1. The Bertz CT molecular complexity index is 977. The largest absolute Gasteiger partial charge is 0.469 e. The highest BCUT2D eigenvalue weighted by atomic mass is 35.5. The highest BCUT2D eigenvalue weighted by Crippen LogP contribution is 2.33. The maximum Gasteiger partial charge on any atom is 0.309 e. The van der Waals surface area contributed by atoms with E-state index in [1.54, 1.807) is 0 Å². The van der Waals surface area contributed by atoms with E-state index in [1.165, 1.54) is 24.7 Å². The average Bonchev–Trinajstić information content (AvgIpc) is 2.93. The smallest absolute Gasteiger partial charge is 0.309 e. The van der Waals surface area contributed by atoms with Crippen LogP contribution in [0.5, 0.6) is 0 Å². The van der Waals surface area contributed by atoms with E-state index in [2.05, 4.69) is 25.3 Å². The molecule has 3 heterocycles. The summed E-state index contributed by atoms with van der Waals surface area (Å²) in [4.78, 5) is 56.3. The number of ether oxygens (including phenoxy) is 1. The monoisotopic (exact) mass is 391 g/mol. The minimum absolute atomic E-state index is 0.0130. The molecule has 0 saturated carbocycles. The van der Waals surface area contributed by atoms with E-state index in [-0.39, 0.29) is 22.8 Å². The van der Waals surface area contributed by atoms with Gasteiger partial charge in [-0.3, -0.25) is 19.0 Å². The molecule has 2 aromatic heterocycles. The van der Waals surface area contributed by atoms with E-state index in [0.29, 0.717) is 12.1 Å². The first-order valence-corrected chi connectivity index (χ1v) is 8.11. The standard InChI is InChI=1S/C16H14ClN5O5/c1-27-12(24)7-16(3-5-23)21-14(25)13-9(17)6-10(15(26)22(13)16)20-11-2-4-18-8-19-11/h2,4-6,8H,3,7H2,1H3,(H,21,25)(H,18,19,20). The predicted octanol–water partition coefficient (Wildman–Crippen LogP) is 0.584. The lowest BCUT2D eigenvalue weighted by Gasteiger charge is -2.29. The molecule has 0 spiro atoms. The van der Waals surface area contributed by atoms with E-state index >= 15 is 0 Å². The third-order valence-corrected chi connectivity index (χ3v) is 4.36. The van der Waals surface area contributed by atoms with E-state index in [9.17, 15) is 19.2 Å². The number of fused-ring (bicyclic) bond motifs is 1. The minimum atomic E-state index is -1.61. The Morgan fingerprint density at radius 1 is 1.48 bits per heavy atom. The van der Waals surface area contributed by atoms with Crippen LogP contribution in [-0.2, 0) is 20.0 Å². The maximum atomic E-state index is 13.1. The lowest BCUT2D eigenvalue weighted by atomic mass is 10.0. The van der Waals surface area contributed by atoms with Gasteiger partial charge in [0.1, 0.15) is 35.5 Å². The third kappa shape index (κ3) is 3.26. The van der Waals surface area contributed by atoms with E-state index < -0.39 is 29.5 Å². The number of nitrogens with one attached hydrogen (secondary N) is 2. The van der Waals surface area contributed by atoms with Gasteiger partial charge in [0.2, 0.25) is 0 Å². The lowest BCUT2D eigenvalue weighted by Crippen LogP contribution is -2.49. The van der Waals surface area contributed by atoms with Crippen LogP contribution in [0.4, 0.5) is 11.5 Å². The number of hydrogen-bond acceptors (Lipinski definition) is 8. The molecular formula is C16H14ClN5O5. The summed E-state index contributed by atoms with van der Waals surface area (Å²) in [5.41, 5.74) is -2.39. The maximum absolute atomic E-state index is 13.1. The first-order valence-electron chi connectivity index (χ1n) is 7.74. The number of anilines is 2. The molecule has 1 unspecified atom stereocenters. The summed E-state index contributed by atoms with van der Waals surface area (Å²) < 4.78 is 5.66. The molecule has 0 bridgehead atoms. The first-order chi connectivity index (χ1) is 12.9. The second kappa shape index (κ2) is 7.16. The summed E-state index contributed by atoms with van der Waals surface area (Å²) >= 11 is 6.21. The van der Waals surface area contributed by atoms with Crippen molar-refractivity contribution in [3.8, 4) is 0 Å². The van der Waals surface area contributed by atoms with Crippen molar-refractivity contribution in [3.63, 3.8) is 0 Å². The molecule has 0 aromatic carbocycles. The van der Waals surface area contributed by atoms with E-state index in [4.69, 9.17) is 11.6 Å². The van der Waals surface area contributed by atoms with Crippen LogP contribution in [0.15, 0.2) is 29.5 Å². The summed E-state index contributed by atoms with van der Waals surface area (Å²) in [5.74, 6) is -1.05. The van der Waals surface area contributed by atoms with Crippen molar-refractivity contribution >= 4 is 41.3 Å². The second-order valence-corrected chi connectivity index (χ2v) is 6.13. The number of esters is 1. The summed E-state index contributed by atoms with van der Waals surface area (Å²) in [7, 11) is 1.16. The molecule has 11 heteroatoms. The van der Waals surface area contributed by atoms with Gasteiger partial charge in [-0.25, -0.2) is 9.97 Å². The summed E-state index contributed by atoms with van der Waals surface area (Å²) in [6.45, 7) is 0. The molecule has 1 aliphatic heterocycles. The molecule has 1 amide bonds. The van der Waals surface area contributed by atoms with Gasteiger partial charge in [0.25, 0.3) is 11.5 Å². The van der Waals surface area contributed by atoms with Gasteiger partial charge < -0.3 is 20.2 Å². The number of carbonyl (C=O) groups is 3. The van der Waals surface area contributed by atoms with Gasteiger partial charge in [0, 0.05) is 12.6 Å². The van der Waals surface area contributed by atoms with Crippen LogP contribution < -0.4 is 16.2 Å². The quantitative estimate of drug-likeness (QED) is 0.540. The summed E-state index contributed by atoms with van der Waals surface area (Å²) in [5, 5.41) is 5.29. The van der Waals surface area contributed by atoms with E-state index in [1.807, 2.05) is 0 Å². The van der Waals surface area contributed by atoms with Crippen LogP contribution in [-0.4, -0.2) is 39.8 Å². The molecule has 140 valence electrons. The molecule has 1 aliphatic rings. The fraction of sp³-hybridized carbons (Fsp3) is 0.250. The van der Waals surface area contributed by atoms with Gasteiger partial charge >= 0.3 is 5.97 Å². The molecule has 2 N–H and O–H groups in total. The zero-order chi connectivity index (χ0) is 19.6. The number of aromatic nitrogens is 3. The number of halogens is 1. The van der Waals surface area contributed by atoms with Crippen molar-refractivity contribution in [2.45, 2.75) is 18.5 Å². The molecule has 2 aromatic rings. The zero-order valence-corrected chi connectivity index (χ0v) is 14.8. The number of hydrogen-bond donors (Lipinski definition) is 2. The van der Waals surface area contributed by atoms with Crippen molar-refractivity contribution in [1.29, 1.82) is 0 Å². The summed E-state index contributed by atoms with van der Waals surface area (Å²) in [6.07, 6.45) is 2.51. The topological polar surface area (TPSA) is 132 Å². The van der Waals surface area contributed by atoms with Crippen LogP contribution in [0.2, 0.25) is 5.02 Å². The Hall–Kier alpha value is -3.27. The third-order valence-electron chi connectivity index (χ3n) is 4.07. The molecule has 27 heavy (non-hydrogen) atoms. The SMILES string of the molecule is COC(=O)CC1(CC=O)NC(=O)c2c(Cl)cc(Nc3ccncn3)c(=O)n21. The molecule has 0 aliphatic carbocycles. The average molecular weight is 392 g/mol. The Morgan fingerprint density at radius 3 is 2.89 bits per heavy atom. The second-order valence-electron chi connectivity index (χ2n) is 5.72. The number of carbonyl (C=O) groups excluding carboxylic acids is 3. The molecule has 0 radical (unpaired) electrons. The number of amides is 1. The number of methoxy groups -OCH3 is 1. The Kier molecular flexibility index (Phi) is 4.91. The van der Waals surface area contributed by atoms with Gasteiger partial charge in [-0.2, -0.15) is 0 Å². The van der Waals surface area contributed by atoms with Gasteiger partial charge in [-0.1, -0.05) is 11.6 Å². The molecule has 1 atom stereocenters.